The number of H-pyrrole nitrogens is 1. The first-order valence-corrected chi connectivity index (χ1v) is 8.88. The Morgan fingerprint density at radius 2 is 1.80 bits per heavy atom. The first-order chi connectivity index (χ1) is 12.2. The van der Waals surface area contributed by atoms with Crippen molar-refractivity contribution in [3.8, 4) is 0 Å². The van der Waals surface area contributed by atoms with Gasteiger partial charge >= 0.3 is 0 Å². The number of amides is 2. The Bertz CT molecular complexity index is 794. The molecule has 0 bridgehead atoms. The molecule has 132 valence electrons. The number of benzene rings is 1. The minimum atomic E-state index is -0.624. The summed E-state index contributed by atoms with van der Waals surface area (Å²) in [6, 6.07) is 7.76. The summed E-state index contributed by atoms with van der Waals surface area (Å²) < 4.78 is 0. The van der Waals surface area contributed by atoms with Crippen LogP contribution in [0.3, 0.4) is 0 Å². The Balaban J connectivity index is 1.72. The molecule has 0 radical (unpaired) electrons. The molecular formula is C19H24N4O2. The molecule has 2 amide bonds. The van der Waals surface area contributed by atoms with Crippen molar-refractivity contribution in [2.75, 3.05) is 13.1 Å². The second kappa shape index (κ2) is 8.07. The number of hydrogen-bond acceptors (Lipinski definition) is 4. The number of nitrogens with two attached hydrogens (primary N) is 1. The zero-order valence-corrected chi connectivity index (χ0v) is 14.3. The lowest BCUT2D eigenvalue weighted by molar-refractivity contribution is -0.124. The van der Waals surface area contributed by atoms with Crippen molar-refractivity contribution in [1.29, 1.82) is 0 Å². The topological polar surface area (TPSA) is 100 Å². The number of imide groups is 1. The number of aliphatic imine (C=N–C) groups is 1. The van der Waals surface area contributed by atoms with E-state index in [-0.39, 0.29) is 11.8 Å². The molecule has 0 spiro atoms. The van der Waals surface area contributed by atoms with Crippen LogP contribution in [-0.4, -0.2) is 35.6 Å². The Labute approximate surface area is 146 Å². The first kappa shape index (κ1) is 17.4. The van der Waals surface area contributed by atoms with Gasteiger partial charge in [-0.15, -0.1) is 0 Å². The highest BCUT2D eigenvalue weighted by atomic mass is 16.2. The first-order valence-electron chi connectivity index (χ1n) is 8.88. The number of aromatic nitrogens is 1. The van der Waals surface area contributed by atoms with Crippen molar-refractivity contribution in [2.45, 2.75) is 38.0 Å². The SMILES string of the molecule is NCCCCCCCN=C1C(=O)NC(=O)C1c1c[nH]c2ccccc12. The third-order valence-corrected chi connectivity index (χ3v) is 4.58. The van der Waals surface area contributed by atoms with Crippen molar-refractivity contribution in [2.24, 2.45) is 10.7 Å². The predicted octanol–water partition coefficient (Wildman–Crippen LogP) is 2.26. The van der Waals surface area contributed by atoms with Crippen LogP contribution in [0, 0.1) is 0 Å². The quantitative estimate of drug-likeness (QED) is 0.507. The van der Waals surface area contributed by atoms with Gasteiger partial charge in [0.1, 0.15) is 11.6 Å². The number of aromatic amines is 1. The maximum absolute atomic E-state index is 12.3. The van der Waals surface area contributed by atoms with E-state index in [0.29, 0.717) is 12.3 Å². The van der Waals surface area contributed by atoms with Crippen molar-refractivity contribution < 1.29 is 9.59 Å². The van der Waals surface area contributed by atoms with Crippen LogP contribution in [0.25, 0.3) is 10.9 Å². The van der Waals surface area contributed by atoms with Crippen LogP contribution in [-0.2, 0) is 9.59 Å². The van der Waals surface area contributed by atoms with Crippen molar-refractivity contribution in [3.63, 3.8) is 0 Å². The molecule has 4 N–H and O–H groups in total. The van der Waals surface area contributed by atoms with Crippen LogP contribution in [0.5, 0.6) is 0 Å². The monoisotopic (exact) mass is 340 g/mol. The smallest absolute Gasteiger partial charge is 0.272 e. The van der Waals surface area contributed by atoms with Gasteiger partial charge in [0.2, 0.25) is 5.91 Å². The zero-order valence-electron chi connectivity index (χ0n) is 14.3. The van der Waals surface area contributed by atoms with Crippen LogP contribution >= 0.6 is 0 Å². The number of rotatable bonds is 8. The Kier molecular flexibility index (Phi) is 5.60. The van der Waals surface area contributed by atoms with Crippen molar-refractivity contribution in [3.05, 3.63) is 36.0 Å². The lowest BCUT2D eigenvalue weighted by Crippen LogP contribution is -2.22. The van der Waals surface area contributed by atoms with Gasteiger partial charge in [-0.1, -0.05) is 37.5 Å². The fourth-order valence-corrected chi connectivity index (χ4v) is 3.27. The molecule has 1 unspecified atom stereocenters. The third kappa shape index (κ3) is 3.79. The van der Waals surface area contributed by atoms with Gasteiger partial charge < -0.3 is 10.7 Å². The van der Waals surface area contributed by atoms with Gasteiger partial charge in [0.25, 0.3) is 5.91 Å². The second-order valence-corrected chi connectivity index (χ2v) is 6.36. The summed E-state index contributed by atoms with van der Waals surface area (Å²) in [5.74, 6) is -1.29. The summed E-state index contributed by atoms with van der Waals surface area (Å²) in [6.07, 6.45) is 7.08. The van der Waals surface area contributed by atoms with Crippen molar-refractivity contribution in [1.82, 2.24) is 10.3 Å². The van der Waals surface area contributed by atoms with Crippen molar-refractivity contribution >= 4 is 28.4 Å². The number of fused-ring (bicyclic) bond motifs is 1. The van der Waals surface area contributed by atoms with E-state index in [2.05, 4.69) is 15.3 Å². The molecule has 3 rings (SSSR count). The molecule has 1 aromatic heterocycles. The van der Waals surface area contributed by atoms with Crippen LogP contribution in [0.2, 0.25) is 0 Å². The normalized spacial score (nSPS) is 19.1. The largest absolute Gasteiger partial charge is 0.361 e. The van der Waals surface area contributed by atoms with E-state index in [1.54, 1.807) is 6.20 Å². The molecule has 1 aromatic carbocycles. The molecule has 6 heteroatoms. The third-order valence-electron chi connectivity index (χ3n) is 4.58. The molecule has 6 nitrogen and oxygen atoms in total. The number of para-hydroxylation sites is 1. The fourth-order valence-electron chi connectivity index (χ4n) is 3.27. The molecule has 2 heterocycles. The van der Waals surface area contributed by atoms with E-state index in [1.165, 1.54) is 0 Å². The van der Waals surface area contributed by atoms with E-state index in [9.17, 15) is 9.59 Å². The minimum absolute atomic E-state index is 0.295. The van der Waals surface area contributed by atoms with Crippen LogP contribution in [0.4, 0.5) is 0 Å². The van der Waals surface area contributed by atoms with Crippen LogP contribution in [0.1, 0.15) is 43.6 Å². The molecule has 0 saturated carbocycles. The maximum atomic E-state index is 12.3. The van der Waals surface area contributed by atoms with Crippen LogP contribution in [0.15, 0.2) is 35.5 Å². The molecule has 0 aliphatic carbocycles. The highest BCUT2D eigenvalue weighted by Crippen LogP contribution is 2.29. The molecule has 1 atom stereocenters. The van der Waals surface area contributed by atoms with Gasteiger partial charge in [0.15, 0.2) is 0 Å². The Morgan fingerprint density at radius 3 is 2.64 bits per heavy atom. The van der Waals surface area contributed by atoms with E-state index in [1.807, 2.05) is 24.3 Å². The summed E-state index contributed by atoms with van der Waals surface area (Å²) >= 11 is 0. The average Bonchev–Trinajstić information content (AvgIpc) is 3.14. The Hall–Kier alpha value is -2.47. The number of nitrogens with zero attached hydrogens (tertiary/aromatic N) is 1. The van der Waals surface area contributed by atoms with Gasteiger partial charge in [-0.3, -0.25) is 19.9 Å². The standard InChI is InChI=1S/C19H24N4O2/c20-10-6-2-1-3-7-11-21-17-16(18(24)23-19(17)25)14-12-22-15-9-5-4-8-13(14)15/h4-5,8-9,12,16,22H,1-3,6-7,10-11,20H2,(H,23,24,25). The summed E-state index contributed by atoms with van der Waals surface area (Å²) in [4.78, 5) is 32.1. The lowest BCUT2D eigenvalue weighted by Gasteiger charge is -2.07. The highest BCUT2D eigenvalue weighted by molar-refractivity contribution is 6.52. The molecule has 25 heavy (non-hydrogen) atoms. The highest BCUT2D eigenvalue weighted by Gasteiger charge is 2.40. The van der Waals surface area contributed by atoms with Gasteiger partial charge in [0, 0.05) is 23.6 Å². The Morgan fingerprint density at radius 1 is 1.04 bits per heavy atom. The van der Waals surface area contributed by atoms with Gasteiger partial charge in [-0.2, -0.15) is 0 Å². The number of carbonyl (C=O) groups excluding carboxylic acids is 2. The molecule has 1 aliphatic heterocycles. The second-order valence-electron chi connectivity index (χ2n) is 6.36. The van der Waals surface area contributed by atoms with Gasteiger partial charge in [-0.25, -0.2) is 0 Å². The van der Waals surface area contributed by atoms with Gasteiger partial charge in [-0.05, 0) is 31.0 Å². The molecule has 1 saturated heterocycles. The number of unbranched alkanes of at least 4 members (excludes halogenated alkanes) is 4. The summed E-state index contributed by atoms with van der Waals surface area (Å²) in [7, 11) is 0. The number of nitrogens with one attached hydrogen (secondary N) is 2. The molecule has 1 aliphatic rings. The van der Waals surface area contributed by atoms with E-state index >= 15 is 0 Å². The lowest BCUT2D eigenvalue weighted by atomic mass is 9.95. The fraction of sp³-hybridized carbons (Fsp3) is 0.421. The minimum Gasteiger partial charge on any atom is -0.361 e. The zero-order chi connectivity index (χ0) is 17.6. The average molecular weight is 340 g/mol. The number of hydrogen-bond donors (Lipinski definition) is 3. The van der Waals surface area contributed by atoms with E-state index < -0.39 is 5.92 Å². The predicted molar refractivity (Wildman–Crippen MR) is 98.6 cm³/mol. The number of carbonyl (C=O) groups is 2. The molecule has 1 fully saturated rings. The van der Waals surface area contributed by atoms with E-state index in [0.717, 1.165) is 55.1 Å². The maximum Gasteiger partial charge on any atom is 0.272 e. The summed E-state index contributed by atoms with van der Waals surface area (Å²) in [5.41, 5.74) is 7.57. The molecule has 2 aromatic rings. The van der Waals surface area contributed by atoms with Crippen LogP contribution < -0.4 is 11.1 Å². The summed E-state index contributed by atoms with van der Waals surface area (Å²) in [6.45, 7) is 1.30. The summed E-state index contributed by atoms with van der Waals surface area (Å²) in [5, 5.41) is 3.35. The van der Waals surface area contributed by atoms with E-state index in [4.69, 9.17) is 5.73 Å². The molecular weight excluding hydrogens is 316 g/mol. The van der Waals surface area contributed by atoms with Gasteiger partial charge in [0.05, 0.1) is 0 Å².